The first kappa shape index (κ1) is 9.71. The molecule has 2 rings (SSSR count). The number of aryl methyl sites for hydroxylation is 1. The van der Waals surface area contributed by atoms with Crippen molar-refractivity contribution in [3.8, 4) is 0 Å². The molecule has 1 fully saturated rings. The summed E-state index contributed by atoms with van der Waals surface area (Å²) >= 11 is 0. The summed E-state index contributed by atoms with van der Waals surface area (Å²) in [5, 5.41) is 7.67. The van der Waals surface area contributed by atoms with Gasteiger partial charge < -0.3 is 5.32 Å². The van der Waals surface area contributed by atoms with Crippen LogP contribution in [0.4, 0.5) is 0 Å². The highest BCUT2D eigenvalue weighted by Crippen LogP contribution is 2.33. The fraction of sp³-hybridized carbons (Fsp3) is 0.727. The minimum atomic E-state index is 0.641. The predicted octanol–water partition coefficient (Wildman–Crippen LogP) is 1.70. The number of hydrogen-bond acceptors (Lipinski definition) is 2. The second kappa shape index (κ2) is 4.13. The number of aromatic nitrogens is 2. The third kappa shape index (κ3) is 2.84. The van der Waals surface area contributed by atoms with Crippen LogP contribution in [0.1, 0.15) is 31.7 Å². The van der Waals surface area contributed by atoms with Crippen molar-refractivity contribution in [3.05, 3.63) is 18.0 Å². The minimum absolute atomic E-state index is 0.641. The van der Waals surface area contributed by atoms with E-state index in [1.165, 1.54) is 24.8 Å². The number of rotatable bonds is 5. The van der Waals surface area contributed by atoms with Crippen molar-refractivity contribution in [2.45, 2.75) is 38.8 Å². The molecule has 1 unspecified atom stereocenters. The van der Waals surface area contributed by atoms with Gasteiger partial charge in [0.2, 0.25) is 0 Å². The molecule has 0 spiro atoms. The summed E-state index contributed by atoms with van der Waals surface area (Å²) in [6.07, 6.45) is 8.21. The van der Waals surface area contributed by atoms with Gasteiger partial charge in [-0.05, 0) is 19.3 Å². The Morgan fingerprint density at radius 2 is 2.43 bits per heavy atom. The van der Waals surface area contributed by atoms with Crippen molar-refractivity contribution in [1.29, 1.82) is 0 Å². The first-order valence-electron chi connectivity index (χ1n) is 5.45. The SMILES string of the molecule is CC(CC1CC1)NCc1cnn(C)c1. The van der Waals surface area contributed by atoms with Gasteiger partial charge in [-0.2, -0.15) is 5.10 Å². The van der Waals surface area contributed by atoms with Gasteiger partial charge in [0.15, 0.2) is 0 Å². The van der Waals surface area contributed by atoms with Gasteiger partial charge in [-0.1, -0.05) is 12.8 Å². The second-order valence-corrected chi connectivity index (χ2v) is 4.48. The van der Waals surface area contributed by atoms with E-state index in [4.69, 9.17) is 0 Å². The summed E-state index contributed by atoms with van der Waals surface area (Å²) in [6.45, 7) is 3.22. The van der Waals surface area contributed by atoms with E-state index < -0.39 is 0 Å². The van der Waals surface area contributed by atoms with Gasteiger partial charge in [-0.25, -0.2) is 0 Å². The fourth-order valence-corrected chi connectivity index (χ4v) is 1.79. The monoisotopic (exact) mass is 193 g/mol. The number of nitrogens with one attached hydrogen (secondary N) is 1. The zero-order valence-corrected chi connectivity index (χ0v) is 9.03. The van der Waals surface area contributed by atoms with E-state index in [-0.39, 0.29) is 0 Å². The van der Waals surface area contributed by atoms with Crippen LogP contribution in [0.3, 0.4) is 0 Å². The number of nitrogens with zero attached hydrogens (tertiary/aromatic N) is 2. The van der Waals surface area contributed by atoms with Crippen LogP contribution in [0.25, 0.3) is 0 Å². The van der Waals surface area contributed by atoms with E-state index in [0.29, 0.717) is 6.04 Å². The maximum absolute atomic E-state index is 4.14. The normalized spacial score (nSPS) is 18.4. The predicted molar refractivity (Wildman–Crippen MR) is 56.9 cm³/mol. The molecule has 1 aromatic rings. The Morgan fingerprint density at radius 3 is 3.00 bits per heavy atom. The highest BCUT2D eigenvalue weighted by molar-refractivity contribution is 5.03. The third-order valence-corrected chi connectivity index (χ3v) is 2.80. The number of hydrogen-bond donors (Lipinski definition) is 1. The summed E-state index contributed by atoms with van der Waals surface area (Å²) in [6, 6.07) is 0.641. The molecule has 1 aliphatic rings. The lowest BCUT2D eigenvalue weighted by Crippen LogP contribution is -2.25. The van der Waals surface area contributed by atoms with Crippen molar-refractivity contribution < 1.29 is 0 Å². The van der Waals surface area contributed by atoms with Crippen molar-refractivity contribution >= 4 is 0 Å². The Morgan fingerprint density at radius 1 is 1.64 bits per heavy atom. The van der Waals surface area contributed by atoms with Crippen LogP contribution >= 0.6 is 0 Å². The Kier molecular flexibility index (Phi) is 2.87. The Hall–Kier alpha value is -0.830. The van der Waals surface area contributed by atoms with Gasteiger partial charge in [-0.15, -0.1) is 0 Å². The Balaban J connectivity index is 1.70. The molecule has 1 saturated carbocycles. The van der Waals surface area contributed by atoms with Crippen LogP contribution in [-0.4, -0.2) is 15.8 Å². The summed E-state index contributed by atoms with van der Waals surface area (Å²) < 4.78 is 1.85. The van der Waals surface area contributed by atoms with E-state index in [1.54, 1.807) is 0 Å². The van der Waals surface area contributed by atoms with Gasteiger partial charge in [0.25, 0.3) is 0 Å². The average molecular weight is 193 g/mol. The lowest BCUT2D eigenvalue weighted by atomic mass is 10.1. The molecule has 3 heteroatoms. The van der Waals surface area contributed by atoms with E-state index in [2.05, 4.69) is 23.5 Å². The van der Waals surface area contributed by atoms with Crippen LogP contribution in [-0.2, 0) is 13.6 Å². The molecular formula is C11H19N3. The Bertz CT molecular complexity index is 288. The van der Waals surface area contributed by atoms with Crippen LogP contribution in [0.2, 0.25) is 0 Å². The largest absolute Gasteiger partial charge is 0.310 e. The minimum Gasteiger partial charge on any atom is -0.310 e. The zero-order chi connectivity index (χ0) is 9.97. The van der Waals surface area contributed by atoms with Gasteiger partial charge in [0.1, 0.15) is 0 Å². The van der Waals surface area contributed by atoms with E-state index in [0.717, 1.165) is 12.5 Å². The van der Waals surface area contributed by atoms with Gasteiger partial charge in [0.05, 0.1) is 6.20 Å². The first-order valence-corrected chi connectivity index (χ1v) is 5.45. The van der Waals surface area contributed by atoms with E-state index in [1.807, 2.05) is 17.9 Å². The summed E-state index contributed by atoms with van der Waals surface area (Å²) in [5.74, 6) is 1.01. The molecule has 0 bridgehead atoms. The van der Waals surface area contributed by atoms with Crippen LogP contribution in [0.15, 0.2) is 12.4 Å². The van der Waals surface area contributed by atoms with Crippen molar-refractivity contribution in [3.63, 3.8) is 0 Å². The van der Waals surface area contributed by atoms with Gasteiger partial charge in [-0.3, -0.25) is 4.68 Å². The summed E-state index contributed by atoms with van der Waals surface area (Å²) in [7, 11) is 1.96. The molecule has 0 radical (unpaired) electrons. The quantitative estimate of drug-likeness (QED) is 0.771. The summed E-state index contributed by atoms with van der Waals surface area (Å²) in [5.41, 5.74) is 1.27. The third-order valence-electron chi connectivity index (χ3n) is 2.80. The summed E-state index contributed by atoms with van der Waals surface area (Å²) in [4.78, 5) is 0. The maximum Gasteiger partial charge on any atom is 0.0534 e. The fourth-order valence-electron chi connectivity index (χ4n) is 1.79. The molecule has 0 saturated heterocycles. The molecule has 78 valence electrons. The molecule has 0 amide bonds. The topological polar surface area (TPSA) is 29.9 Å². The molecule has 0 aliphatic heterocycles. The molecule has 0 aromatic carbocycles. The lowest BCUT2D eigenvalue weighted by molar-refractivity contribution is 0.487. The maximum atomic E-state index is 4.14. The van der Waals surface area contributed by atoms with Crippen LogP contribution < -0.4 is 5.32 Å². The van der Waals surface area contributed by atoms with Crippen molar-refractivity contribution in [1.82, 2.24) is 15.1 Å². The second-order valence-electron chi connectivity index (χ2n) is 4.48. The van der Waals surface area contributed by atoms with E-state index >= 15 is 0 Å². The molecule has 1 atom stereocenters. The molecule has 14 heavy (non-hydrogen) atoms. The smallest absolute Gasteiger partial charge is 0.0534 e. The first-order chi connectivity index (χ1) is 6.74. The molecule has 3 nitrogen and oxygen atoms in total. The lowest BCUT2D eigenvalue weighted by Gasteiger charge is -2.11. The van der Waals surface area contributed by atoms with Crippen molar-refractivity contribution in [2.24, 2.45) is 13.0 Å². The molecule has 1 aromatic heterocycles. The highest BCUT2D eigenvalue weighted by atomic mass is 15.2. The standard InChI is InChI=1S/C11H19N3/c1-9(5-10-3-4-10)12-6-11-7-13-14(2)8-11/h7-10,12H,3-6H2,1-2H3. The Labute approximate surface area is 85.5 Å². The van der Waals surface area contributed by atoms with Crippen LogP contribution in [0.5, 0.6) is 0 Å². The van der Waals surface area contributed by atoms with Crippen molar-refractivity contribution in [2.75, 3.05) is 0 Å². The van der Waals surface area contributed by atoms with Gasteiger partial charge >= 0.3 is 0 Å². The van der Waals surface area contributed by atoms with E-state index in [9.17, 15) is 0 Å². The zero-order valence-electron chi connectivity index (χ0n) is 9.03. The highest BCUT2D eigenvalue weighted by Gasteiger charge is 2.23. The molecule has 1 heterocycles. The van der Waals surface area contributed by atoms with Gasteiger partial charge in [0, 0.05) is 31.4 Å². The van der Waals surface area contributed by atoms with Crippen LogP contribution in [0, 0.1) is 5.92 Å². The average Bonchev–Trinajstić information content (AvgIpc) is 2.85. The molecule has 1 N–H and O–H groups in total. The molecular weight excluding hydrogens is 174 g/mol. The molecule has 1 aliphatic carbocycles.